The summed E-state index contributed by atoms with van der Waals surface area (Å²) in [7, 11) is 0. The Kier molecular flexibility index (Phi) is 7.11. The molecule has 2 aromatic rings. The fourth-order valence-electron chi connectivity index (χ4n) is 7.11. The molecule has 3 saturated carbocycles. The number of hydrogen-bond donors (Lipinski definition) is 4. The number of hydroxylamine groups is 2. The van der Waals surface area contributed by atoms with Crippen LogP contribution in [0.5, 0.6) is 0 Å². The topological polar surface area (TPSA) is 119 Å². The largest absolute Gasteiger partial charge is 0.478 e. The molecule has 4 fully saturated rings. The van der Waals surface area contributed by atoms with E-state index in [0.717, 1.165) is 17.5 Å². The molecular formula is C30H38N2O6. The van der Waals surface area contributed by atoms with Crippen molar-refractivity contribution in [2.45, 2.75) is 71.6 Å². The normalized spacial score (nSPS) is 32.8. The predicted molar refractivity (Wildman–Crippen MR) is 142 cm³/mol. The Morgan fingerprint density at radius 3 is 2.55 bits per heavy atom. The predicted octanol–water partition coefficient (Wildman–Crippen LogP) is 3.67. The number of carbonyl (C=O) groups is 2. The van der Waals surface area contributed by atoms with Crippen molar-refractivity contribution in [3.05, 3.63) is 59.7 Å². The molecule has 4 N–H and O–H groups in total. The van der Waals surface area contributed by atoms with E-state index < -0.39 is 30.3 Å². The zero-order valence-corrected chi connectivity index (χ0v) is 22.4. The SMILES string of the molecule is C[C@H](O)[C@@H]1C(O)ON(Cc2cccc(-c3ccccc3C(=O)O)c2)[C@@H]1C(=O)N[C@H]1C[C@H]2CC([C@@H]1C)C2(C)C. The third-order valence-electron chi connectivity index (χ3n) is 9.49. The van der Waals surface area contributed by atoms with Crippen LogP contribution in [0.4, 0.5) is 0 Å². The van der Waals surface area contributed by atoms with E-state index in [1.165, 1.54) is 11.5 Å². The third kappa shape index (κ3) is 4.64. The van der Waals surface area contributed by atoms with Gasteiger partial charge in [-0.2, -0.15) is 5.06 Å². The molecule has 0 radical (unpaired) electrons. The van der Waals surface area contributed by atoms with Crippen LogP contribution in [0.2, 0.25) is 0 Å². The lowest BCUT2D eigenvalue weighted by Gasteiger charge is -2.62. The molecule has 0 spiro atoms. The minimum absolute atomic E-state index is 0.0457. The van der Waals surface area contributed by atoms with Crippen molar-refractivity contribution < 1.29 is 29.7 Å². The van der Waals surface area contributed by atoms with Gasteiger partial charge in [-0.05, 0) is 71.8 Å². The third-order valence-corrected chi connectivity index (χ3v) is 9.49. The highest BCUT2D eigenvalue weighted by Gasteiger charge is 2.57. The molecule has 1 amide bonds. The number of nitrogens with one attached hydrogen (secondary N) is 1. The molecule has 4 aliphatic rings. The fourth-order valence-corrected chi connectivity index (χ4v) is 7.11. The summed E-state index contributed by atoms with van der Waals surface area (Å²) in [6.07, 6.45) is -0.152. The average molecular weight is 523 g/mol. The first-order valence-electron chi connectivity index (χ1n) is 13.5. The maximum atomic E-state index is 13.7. The van der Waals surface area contributed by atoms with Crippen LogP contribution in [0, 0.1) is 29.1 Å². The molecule has 8 heteroatoms. The van der Waals surface area contributed by atoms with E-state index in [0.29, 0.717) is 28.7 Å². The van der Waals surface area contributed by atoms with Crippen molar-refractivity contribution >= 4 is 11.9 Å². The van der Waals surface area contributed by atoms with Gasteiger partial charge in [0.05, 0.1) is 24.1 Å². The highest BCUT2D eigenvalue weighted by atomic mass is 16.8. The molecule has 6 rings (SSSR count). The standard InChI is InChI=1S/C30H38N2O6/c1-16-23-13-20(30(23,3)4)14-24(16)31-27(34)26-25(17(2)33)29(37)38-32(26)15-18-8-7-9-19(12-18)21-10-5-6-11-22(21)28(35)36/h5-12,16-17,20,23-26,29,33,37H,13-15H2,1-4H3,(H,31,34)(H,35,36)/t16-,17-,20+,23?,24-,25-,26-,29?/m0/s1. The molecule has 2 unspecified atom stereocenters. The van der Waals surface area contributed by atoms with Crippen molar-refractivity contribution in [1.82, 2.24) is 10.4 Å². The van der Waals surface area contributed by atoms with Crippen LogP contribution in [0.1, 0.15) is 56.5 Å². The first kappa shape index (κ1) is 26.8. The van der Waals surface area contributed by atoms with Crippen LogP contribution in [0.3, 0.4) is 0 Å². The number of aliphatic hydroxyl groups excluding tert-OH is 2. The Morgan fingerprint density at radius 2 is 1.89 bits per heavy atom. The second-order valence-corrected chi connectivity index (χ2v) is 12.0. The molecule has 8 nitrogen and oxygen atoms in total. The van der Waals surface area contributed by atoms with Crippen molar-refractivity contribution in [2.24, 2.45) is 29.1 Å². The zero-order valence-electron chi connectivity index (χ0n) is 22.4. The number of rotatable bonds is 7. The molecule has 204 valence electrons. The van der Waals surface area contributed by atoms with E-state index in [2.05, 4.69) is 26.1 Å². The van der Waals surface area contributed by atoms with E-state index in [1.54, 1.807) is 31.2 Å². The van der Waals surface area contributed by atoms with E-state index in [9.17, 15) is 24.9 Å². The monoisotopic (exact) mass is 522 g/mol. The van der Waals surface area contributed by atoms with Gasteiger partial charge in [0.1, 0.15) is 6.04 Å². The summed E-state index contributed by atoms with van der Waals surface area (Å²) < 4.78 is 0. The number of fused-ring (bicyclic) bond motifs is 2. The van der Waals surface area contributed by atoms with Gasteiger partial charge in [0.2, 0.25) is 5.91 Å². The van der Waals surface area contributed by atoms with Crippen molar-refractivity contribution in [2.75, 3.05) is 0 Å². The van der Waals surface area contributed by atoms with Gasteiger partial charge < -0.3 is 20.6 Å². The molecule has 1 saturated heterocycles. The van der Waals surface area contributed by atoms with E-state index in [1.807, 2.05) is 24.3 Å². The Balaban J connectivity index is 1.37. The number of benzene rings is 2. The number of carboxylic acids is 1. The molecule has 1 aliphatic heterocycles. The zero-order chi connectivity index (χ0) is 27.4. The summed E-state index contributed by atoms with van der Waals surface area (Å²) in [5.74, 6) is -0.578. The number of hydrogen-bond acceptors (Lipinski definition) is 6. The summed E-state index contributed by atoms with van der Waals surface area (Å²) >= 11 is 0. The summed E-state index contributed by atoms with van der Waals surface area (Å²) in [5.41, 5.74) is 2.60. The minimum atomic E-state index is -1.32. The first-order valence-corrected chi connectivity index (χ1v) is 13.5. The Bertz CT molecular complexity index is 1210. The van der Waals surface area contributed by atoms with Gasteiger partial charge in [0.25, 0.3) is 0 Å². The van der Waals surface area contributed by atoms with Crippen molar-refractivity contribution in [3.8, 4) is 11.1 Å². The van der Waals surface area contributed by atoms with Crippen LogP contribution in [0.25, 0.3) is 11.1 Å². The number of amides is 1. The Labute approximate surface area is 223 Å². The van der Waals surface area contributed by atoms with Crippen LogP contribution < -0.4 is 5.32 Å². The van der Waals surface area contributed by atoms with Crippen LogP contribution in [0.15, 0.2) is 48.5 Å². The van der Waals surface area contributed by atoms with Crippen molar-refractivity contribution in [3.63, 3.8) is 0 Å². The number of aliphatic hydroxyl groups is 2. The number of nitrogens with zero attached hydrogens (tertiary/aromatic N) is 1. The van der Waals surface area contributed by atoms with Crippen LogP contribution >= 0.6 is 0 Å². The summed E-state index contributed by atoms with van der Waals surface area (Å²) in [5, 5.41) is 35.4. The van der Waals surface area contributed by atoms with Gasteiger partial charge in [-0.3, -0.25) is 9.63 Å². The van der Waals surface area contributed by atoms with E-state index in [4.69, 9.17) is 4.84 Å². The van der Waals surface area contributed by atoms with Gasteiger partial charge in [-0.15, -0.1) is 0 Å². The van der Waals surface area contributed by atoms with Gasteiger partial charge >= 0.3 is 5.97 Å². The van der Waals surface area contributed by atoms with Crippen LogP contribution in [-0.4, -0.2) is 56.7 Å². The molecule has 2 aromatic carbocycles. The van der Waals surface area contributed by atoms with Gasteiger partial charge in [-0.1, -0.05) is 57.2 Å². The molecular weight excluding hydrogens is 484 g/mol. The Morgan fingerprint density at radius 1 is 1.16 bits per heavy atom. The van der Waals surface area contributed by atoms with E-state index in [-0.39, 0.29) is 24.1 Å². The Hall–Kier alpha value is -2.78. The number of carbonyl (C=O) groups excluding carboxylic acids is 1. The lowest BCUT2D eigenvalue weighted by atomic mass is 9.45. The van der Waals surface area contributed by atoms with Crippen molar-refractivity contribution in [1.29, 1.82) is 0 Å². The van der Waals surface area contributed by atoms with E-state index >= 15 is 0 Å². The molecule has 0 aromatic heterocycles. The summed E-state index contributed by atoms with van der Waals surface area (Å²) in [6, 6.07) is 13.4. The molecule has 38 heavy (non-hydrogen) atoms. The highest BCUT2D eigenvalue weighted by molar-refractivity contribution is 5.96. The maximum absolute atomic E-state index is 13.7. The summed E-state index contributed by atoms with van der Waals surface area (Å²) in [6.45, 7) is 8.58. The lowest BCUT2D eigenvalue weighted by Crippen LogP contribution is -2.62. The van der Waals surface area contributed by atoms with Gasteiger partial charge in [0.15, 0.2) is 6.29 Å². The van der Waals surface area contributed by atoms with Gasteiger partial charge in [-0.25, -0.2) is 4.79 Å². The average Bonchev–Trinajstić information content (AvgIpc) is 3.20. The second kappa shape index (κ2) is 10.1. The lowest BCUT2D eigenvalue weighted by molar-refractivity contribution is -0.231. The first-order chi connectivity index (χ1) is 18.0. The van der Waals surface area contributed by atoms with Gasteiger partial charge in [0, 0.05) is 6.04 Å². The molecule has 3 aliphatic carbocycles. The second-order valence-electron chi connectivity index (χ2n) is 12.0. The summed E-state index contributed by atoms with van der Waals surface area (Å²) in [4.78, 5) is 31.2. The highest BCUT2D eigenvalue weighted by Crippen LogP contribution is 2.61. The number of carboxylic acid groups (broad SMARTS) is 1. The number of aromatic carboxylic acids is 1. The molecule has 1 heterocycles. The molecule has 2 bridgehead atoms. The fraction of sp³-hybridized carbons (Fsp3) is 0.533. The molecule has 8 atom stereocenters. The van der Waals surface area contributed by atoms with Crippen LogP contribution in [-0.2, 0) is 16.2 Å². The maximum Gasteiger partial charge on any atom is 0.336 e. The quantitative estimate of drug-likeness (QED) is 0.438. The smallest absolute Gasteiger partial charge is 0.336 e. The minimum Gasteiger partial charge on any atom is -0.478 e.